The molecule has 0 aromatic heterocycles. The number of likely N-dealkylation sites (N-methyl/N-ethyl adjacent to an activating group) is 1. The summed E-state index contributed by atoms with van der Waals surface area (Å²) in [5, 5.41) is 0. The average molecular weight is 302 g/mol. The van der Waals surface area contributed by atoms with Crippen LogP contribution in [0.1, 0.15) is 13.8 Å². The topological polar surface area (TPSA) is 81.9 Å². The summed E-state index contributed by atoms with van der Waals surface area (Å²) in [7, 11) is -2.11. The highest BCUT2D eigenvalue weighted by atomic mass is 32.2. The first kappa shape index (κ1) is 16.7. The average Bonchev–Trinajstić information content (AvgIpc) is 2.42. The lowest BCUT2D eigenvalue weighted by molar-refractivity contribution is 0.135. The molecule has 20 heavy (non-hydrogen) atoms. The highest BCUT2D eigenvalue weighted by molar-refractivity contribution is 7.89. The fraction of sp³-hybridized carbons (Fsp3) is 0.538. The van der Waals surface area contributed by atoms with Gasteiger partial charge in [-0.2, -0.15) is 4.31 Å². The fourth-order valence-corrected chi connectivity index (χ4v) is 3.32. The van der Waals surface area contributed by atoms with Crippen molar-refractivity contribution in [1.82, 2.24) is 4.31 Å². The summed E-state index contributed by atoms with van der Waals surface area (Å²) in [6, 6.07) is 4.55. The molecule has 0 unspecified atom stereocenters. The molecule has 0 atom stereocenters. The lowest BCUT2D eigenvalue weighted by Crippen LogP contribution is -2.34. The summed E-state index contributed by atoms with van der Waals surface area (Å²) in [6.45, 7) is 5.23. The SMILES string of the molecule is CCOCCN(CC)S(=O)(=O)c1ccc(OC)cc1N. The number of ether oxygens (including phenoxy) is 2. The third-order valence-corrected chi connectivity index (χ3v) is 4.92. The molecule has 2 N–H and O–H groups in total. The molecule has 1 aromatic rings. The highest BCUT2D eigenvalue weighted by Crippen LogP contribution is 2.26. The Morgan fingerprint density at radius 1 is 1.30 bits per heavy atom. The molecule has 114 valence electrons. The van der Waals surface area contributed by atoms with E-state index in [0.717, 1.165) is 0 Å². The van der Waals surface area contributed by atoms with Gasteiger partial charge in [-0.05, 0) is 19.1 Å². The van der Waals surface area contributed by atoms with Crippen LogP contribution in [0, 0.1) is 0 Å². The first-order valence-corrected chi connectivity index (χ1v) is 7.92. The molecule has 0 aliphatic heterocycles. The summed E-state index contributed by atoms with van der Waals surface area (Å²) >= 11 is 0. The van der Waals surface area contributed by atoms with Gasteiger partial charge < -0.3 is 15.2 Å². The minimum atomic E-state index is -3.61. The van der Waals surface area contributed by atoms with E-state index < -0.39 is 10.0 Å². The van der Waals surface area contributed by atoms with Crippen molar-refractivity contribution < 1.29 is 17.9 Å². The van der Waals surface area contributed by atoms with Crippen molar-refractivity contribution in [2.45, 2.75) is 18.7 Å². The Balaban J connectivity index is 3.01. The predicted octanol–water partition coefficient (Wildman–Crippen LogP) is 1.32. The van der Waals surface area contributed by atoms with Crippen LogP contribution in [0.2, 0.25) is 0 Å². The van der Waals surface area contributed by atoms with E-state index in [1.165, 1.54) is 23.5 Å². The maximum Gasteiger partial charge on any atom is 0.245 e. The number of hydrogen-bond acceptors (Lipinski definition) is 5. The zero-order valence-electron chi connectivity index (χ0n) is 12.1. The Morgan fingerprint density at radius 3 is 2.50 bits per heavy atom. The molecule has 0 radical (unpaired) electrons. The lowest BCUT2D eigenvalue weighted by atomic mass is 10.3. The van der Waals surface area contributed by atoms with Crippen molar-refractivity contribution in [3.05, 3.63) is 18.2 Å². The minimum absolute atomic E-state index is 0.0941. The Kier molecular flexibility index (Phi) is 6.25. The largest absolute Gasteiger partial charge is 0.497 e. The van der Waals surface area contributed by atoms with Crippen LogP contribution in [-0.2, 0) is 14.8 Å². The Morgan fingerprint density at radius 2 is 2.00 bits per heavy atom. The van der Waals surface area contributed by atoms with Crippen molar-refractivity contribution in [2.24, 2.45) is 0 Å². The van der Waals surface area contributed by atoms with Crippen LogP contribution < -0.4 is 10.5 Å². The standard InChI is InChI=1S/C13H22N2O4S/c1-4-15(8-9-19-5-2)20(16,17)13-7-6-11(18-3)10-12(13)14/h6-7,10H,4-5,8-9,14H2,1-3H3. The molecule has 0 aliphatic carbocycles. The molecule has 1 rings (SSSR count). The van der Waals surface area contributed by atoms with E-state index in [2.05, 4.69) is 0 Å². The van der Waals surface area contributed by atoms with E-state index in [9.17, 15) is 8.42 Å². The van der Waals surface area contributed by atoms with Gasteiger partial charge in [-0.25, -0.2) is 8.42 Å². The third-order valence-electron chi connectivity index (χ3n) is 2.88. The molecule has 0 saturated carbocycles. The number of nitrogens with two attached hydrogens (primary N) is 1. The van der Waals surface area contributed by atoms with Gasteiger partial charge in [0.15, 0.2) is 0 Å². The molecule has 0 spiro atoms. The summed E-state index contributed by atoms with van der Waals surface area (Å²) < 4.78 is 36.6. The first-order valence-electron chi connectivity index (χ1n) is 6.48. The van der Waals surface area contributed by atoms with Crippen molar-refractivity contribution >= 4 is 15.7 Å². The molecular formula is C13H22N2O4S. The van der Waals surface area contributed by atoms with E-state index in [0.29, 0.717) is 32.1 Å². The molecule has 7 heteroatoms. The number of benzene rings is 1. The Labute approximate surface area is 120 Å². The van der Waals surface area contributed by atoms with Crippen LogP contribution in [0.15, 0.2) is 23.1 Å². The third kappa shape index (κ3) is 3.84. The number of hydrogen-bond donors (Lipinski definition) is 1. The highest BCUT2D eigenvalue weighted by Gasteiger charge is 2.25. The molecule has 0 heterocycles. The summed E-state index contributed by atoms with van der Waals surface area (Å²) in [5.74, 6) is 0.527. The second-order valence-electron chi connectivity index (χ2n) is 4.10. The second kappa shape index (κ2) is 7.47. The normalized spacial score (nSPS) is 11.8. The number of anilines is 1. The number of rotatable bonds is 8. The zero-order chi connectivity index (χ0) is 15.2. The van der Waals surface area contributed by atoms with Gasteiger partial charge in [0.1, 0.15) is 10.6 Å². The molecule has 0 bridgehead atoms. The monoisotopic (exact) mass is 302 g/mol. The Hall–Kier alpha value is -1.31. The summed E-state index contributed by atoms with van der Waals surface area (Å²) in [6.07, 6.45) is 0. The van der Waals surface area contributed by atoms with Crippen LogP contribution in [0.5, 0.6) is 5.75 Å². The van der Waals surface area contributed by atoms with Crippen LogP contribution in [0.25, 0.3) is 0 Å². The van der Waals surface area contributed by atoms with Gasteiger partial charge in [-0.1, -0.05) is 6.92 Å². The first-order chi connectivity index (χ1) is 9.47. The van der Waals surface area contributed by atoms with E-state index in [4.69, 9.17) is 15.2 Å². The van der Waals surface area contributed by atoms with Gasteiger partial charge >= 0.3 is 0 Å². The molecule has 0 saturated heterocycles. The smallest absolute Gasteiger partial charge is 0.245 e. The van der Waals surface area contributed by atoms with Gasteiger partial charge in [0.25, 0.3) is 0 Å². The number of methoxy groups -OCH3 is 1. The van der Waals surface area contributed by atoms with Crippen molar-refractivity contribution in [3.63, 3.8) is 0 Å². The van der Waals surface area contributed by atoms with Gasteiger partial charge in [0.2, 0.25) is 10.0 Å². The Bertz CT molecular complexity index is 531. The summed E-state index contributed by atoms with van der Waals surface area (Å²) in [5.41, 5.74) is 5.99. The van der Waals surface area contributed by atoms with E-state index in [1.54, 1.807) is 13.0 Å². The maximum atomic E-state index is 12.5. The van der Waals surface area contributed by atoms with Crippen molar-refractivity contribution in [2.75, 3.05) is 39.1 Å². The molecule has 0 amide bonds. The van der Waals surface area contributed by atoms with Crippen LogP contribution in [-0.4, -0.2) is 46.1 Å². The van der Waals surface area contributed by atoms with Crippen molar-refractivity contribution in [1.29, 1.82) is 0 Å². The number of sulfonamides is 1. The van der Waals surface area contributed by atoms with Gasteiger partial charge in [-0.15, -0.1) is 0 Å². The van der Waals surface area contributed by atoms with Crippen LogP contribution in [0.4, 0.5) is 5.69 Å². The maximum absolute atomic E-state index is 12.5. The molecule has 1 aromatic carbocycles. The fourth-order valence-electron chi connectivity index (χ4n) is 1.79. The number of nitrogen functional groups attached to an aromatic ring is 1. The summed E-state index contributed by atoms with van der Waals surface area (Å²) in [4.78, 5) is 0.0941. The van der Waals surface area contributed by atoms with E-state index >= 15 is 0 Å². The van der Waals surface area contributed by atoms with E-state index in [-0.39, 0.29) is 10.6 Å². The molecule has 0 fully saturated rings. The predicted molar refractivity (Wildman–Crippen MR) is 78.3 cm³/mol. The lowest BCUT2D eigenvalue weighted by Gasteiger charge is -2.21. The van der Waals surface area contributed by atoms with Crippen LogP contribution >= 0.6 is 0 Å². The van der Waals surface area contributed by atoms with Gasteiger partial charge in [-0.3, -0.25) is 0 Å². The quantitative estimate of drug-likeness (QED) is 0.578. The van der Waals surface area contributed by atoms with Crippen LogP contribution in [0.3, 0.4) is 0 Å². The van der Waals surface area contributed by atoms with Gasteiger partial charge in [0, 0.05) is 25.8 Å². The molecule has 0 aliphatic rings. The molecular weight excluding hydrogens is 280 g/mol. The minimum Gasteiger partial charge on any atom is -0.497 e. The number of nitrogens with zero attached hydrogens (tertiary/aromatic N) is 1. The zero-order valence-corrected chi connectivity index (χ0v) is 12.9. The van der Waals surface area contributed by atoms with Gasteiger partial charge in [0.05, 0.1) is 19.4 Å². The second-order valence-corrected chi connectivity index (χ2v) is 6.00. The van der Waals surface area contributed by atoms with E-state index in [1.807, 2.05) is 6.92 Å². The molecule has 6 nitrogen and oxygen atoms in total. The van der Waals surface area contributed by atoms with Crippen molar-refractivity contribution in [3.8, 4) is 5.75 Å².